The van der Waals surface area contributed by atoms with Gasteiger partial charge >= 0.3 is 6.18 Å². The third kappa shape index (κ3) is 4.10. The van der Waals surface area contributed by atoms with E-state index < -0.39 is 12.1 Å². The summed E-state index contributed by atoms with van der Waals surface area (Å²) in [6.07, 6.45) is 2.67. The Bertz CT molecular complexity index is 293. The van der Waals surface area contributed by atoms with Crippen LogP contribution in [0.2, 0.25) is 0 Å². The van der Waals surface area contributed by atoms with Crippen LogP contribution in [-0.4, -0.2) is 42.8 Å². The van der Waals surface area contributed by atoms with E-state index in [1.54, 1.807) is 0 Å². The smallest absolute Gasteiger partial charge is 0.313 e. The van der Waals surface area contributed by atoms with Crippen molar-refractivity contribution in [2.45, 2.75) is 70.1 Å². The Morgan fingerprint density at radius 2 is 1.80 bits per heavy atom. The molecule has 1 saturated heterocycles. The summed E-state index contributed by atoms with van der Waals surface area (Å²) in [6, 6.07) is 0.664. The molecule has 1 aliphatic carbocycles. The second kappa shape index (κ2) is 7.12. The summed E-state index contributed by atoms with van der Waals surface area (Å²) in [6.45, 7) is 4.02. The van der Waals surface area contributed by atoms with E-state index in [9.17, 15) is 13.2 Å². The van der Waals surface area contributed by atoms with Crippen molar-refractivity contribution in [2.75, 3.05) is 19.6 Å². The van der Waals surface area contributed by atoms with Crippen LogP contribution in [0.5, 0.6) is 0 Å². The van der Waals surface area contributed by atoms with Crippen LogP contribution in [0.3, 0.4) is 0 Å². The maximum atomic E-state index is 13.0. The van der Waals surface area contributed by atoms with Crippen molar-refractivity contribution in [3.8, 4) is 0 Å². The zero-order valence-corrected chi connectivity index (χ0v) is 12.4. The van der Waals surface area contributed by atoms with E-state index in [-0.39, 0.29) is 6.54 Å². The lowest BCUT2D eigenvalue weighted by atomic mass is 9.92. The summed E-state index contributed by atoms with van der Waals surface area (Å²) in [5.41, 5.74) is 0. The molecule has 0 amide bonds. The zero-order chi connectivity index (χ0) is 14.6. The van der Waals surface area contributed by atoms with Crippen molar-refractivity contribution < 1.29 is 13.2 Å². The highest BCUT2D eigenvalue weighted by Crippen LogP contribution is 2.35. The Morgan fingerprint density at radius 1 is 1.05 bits per heavy atom. The number of rotatable bonds is 3. The number of likely N-dealkylation sites (tertiary alicyclic amines) is 1. The number of nitrogens with zero attached hydrogens (tertiary/aromatic N) is 1. The number of hydrogen-bond acceptors (Lipinski definition) is 2. The Hall–Kier alpha value is -0.290. The molecule has 1 heterocycles. The third-order valence-corrected chi connectivity index (χ3v) is 4.83. The zero-order valence-electron chi connectivity index (χ0n) is 12.4. The van der Waals surface area contributed by atoms with Crippen LogP contribution in [0.1, 0.15) is 51.9 Å². The molecule has 2 rings (SSSR count). The molecule has 3 unspecified atom stereocenters. The van der Waals surface area contributed by atoms with Crippen LogP contribution in [-0.2, 0) is 0 Å². The van der Waals surface area contributed by atoms with Crippen molar-refractivity contribution in [1.29, 1.82) is 0 Å². The summed E-state index contributed by atoms with van der Waals surface area (Å²) in [7, 11) is 0. The van der Waals surface area contributed by atoms with E-state index in [0.717, 1.165) is 32.4 Å². The fourth-order valence-electron chi connectivity index (χ4n) is 3.80. The van der Waals surface area contributed by atoms with E-state index in [2.05, 4.69) is 17.1 Å². The maximum absolute atomic E-state index is 13.0. The lowest BCUT2D eigenvalue weighted by molar-refractivity contribution is -0.189. The van der Waals surface area contributed by atoms with Gasteiger partial charge in [0, 0.05) is 18.6 Å². The van der Waals surface area contributed by atoms with Crippen LogP contribution >= 0.6 is 0 Å². The molecule has 1 saturated carbocycles. The molecule has 0 aromatic heterocycles. The highest BCUT2D eigenvalue weighted by atomic mass is 19.4. The molecule has 1 N–H and O–H groups in total. The SMILES string of the molecule is CCNC1CCCCCC1N1CCCC(C(F)(F)F)C1. The summed E-state index contributed by atoms with van der Waals surface area (Å²) in [4.78, 5) is 2.13. The fourth-order valence-corrected chi connectivity index (χ4v) is 3.80. The molecular formula is C15H27F3N2. The van der Waals surface area contributed by atoms with E-state index in [1.807, 2.05) is 0 Å². The predicted molar refractivity (Wildman–Crippen MR) is 74.7 cm³/mol. The molecule has 5 heteroatoms. The number of nitrogens with one attached hydrogen (secondary N) is 1. The minimum atomic E-state index is -4.03. The summed E-state index contributed by atoms with van der Waals surface area (Å²) in [5, 5.41) is 3.50. The number of halogens is 3. The standard InChI is InChI=1S/C15H27F3N2/c1-2-19-13-8-4-3-5-9-14(13)20-10-6-7-12(11-20)15(16,17)18/h12-14,19H,2-11H2,1H3. The lowest BCUT2D eigenvalue weighted by Crippen LogP contribution is -2.54. The van der Waals surface area contributed by atoms with Crippen LogP contribution in [0.25, 0.3) is 0 Å². The van der Waals surface area contributed by atoms with Gasteiger partial charge in [0.2, 0.25) is 0 Å². The molecule has 2 aliphatic rings. The largest absolute Gasteiger partial charge is 0.393 e. The molecule has 1 aliphatic heterocycles. The van der Waals surface area contributed by atoms with Crippen LogP contribution in [0.15, 0.2) is 0 Å². The molecule has 0 aromatic carbocycles. The quantitative estimate of drug-likeness (QED) is 0.800. The number of hydrogen-bond donors (Lipinski definition) is 1. The highest BCUT2D eigenvalue weighted by Gasteiger charge is 2.43. The monoisotopic (exact) mass is 292 g/mol. The normalized spacial score (nSPS) is 33.9. The lowest BCUT2D eigenvalue weighted by Gasteiger charge is -2.42. The van der Waals surface area contributed by atoms with Crippen molar-refractivity contribution in [3.63, 3.8) is 0 Å². The van der Waals surface area contributed by atoms with Gasteiger partial charge in [0.25, 0.3) is 0 Å². The molecule has 0 spiro atoms. The first-order valence-electron chi connectivity index (χ1n) is 8.06. The van der Waals surface area contributed by atoms with E-state index in [4.69, 9.17) is 0 Å². The van der Waals surface area contributed by atoms with Crippen molar-refractivity contribution >= 4 is 0 Å². The minimum absolute atomic E-state index is 0.204. The van der Waals surface area contributed by atoms with Gasteiger partial charge in [-0.25, -0.2) is 0 Å². The molecule has 0 aromatic rings. The van der Waals surface area contributed by atoms with Crippen molar-refractivity contribution in [3.05, 3.63) is 0 Å². The first kappa shape index (κ1) is 16.1. The molecule has 2 fully saturated rings. The van der Waals surface area contributed by atoms with Gasteiger partial charge in [-0.15, -0.1) is 0 Å². The van der Waals surface area contributed by atoms with Gasteiger partial charge in [0.15, 0.2) is 0 Å². The number of likely N-dealkylation sites (N-methyl/N-ethyl adjacent to an activating group) is 1. The second-order valence-corrected chi connectivity index (χ2v) is 6.25. The Morgan fingerprint density at radius 3 is 2.50 bits per heavy atom. The van der Waals surface area contributed by atoms with E-state index >= 15 is 0 Å². The highest BCUT2D eigenvalue weighted by molar-refractivity contribution is 4.90. The summed E-state index contributed by atoms with van der Waals surface area (Å²) >= 11 is 0. The van der Waals surface area contributed by atoms with Gasteiger partial charge < -0.3 is 5.32 Å². The van der Waals surface area contributed by atoms with Gasteiger partial charge in [-0.1, -0.05) is 26.2 Å². The van der Waals surface area contributed by atoms with Crippen LogP contribution in [0, 0.1) is 5.92 Å². The maximum Gasteiger partial charge on any atom is 0.393 e. The molecule has 0 bridgehead atoms. The molecule has 2 nitrogen and oxygen atoms in total. The third-order valence-electron chi connectivity index (χ3n) is 4.83. The molecule has 3 atom stereocenters. The second-order valence-electron chi connectivity index (χ2n) is 6.25. The van der Waals surface area contributed by atoms with E-state index in [0.29, 0.717) is 24.9 Å². The summed E-state index contributed by atoms with van der Waals surface area (Å²) < 4.78 is 38.9. The Kier molecular flexibility index (Phi) is 5.73. The van der Waals surface area contributed by atoms with Gasteiger partial charge in [-0.3, -0.25) is 4.90 Å². The minimum Gasteiger partial charge on any atom is -0.313 e. The van der Waals surface area contributed by atoms with Gasteiger partial charge in [-0.05, 0) is 38.8 Å². The van der Waals surface area contributed by atoms with Crippen LogP contribution in [0.4, 0.5) is 13.2 Å². The van der Waals surface area contributed by atoms with E-state index in [1.165, 1.54) is 12.8 Å². The average molecular weight is 292 g/mol. The molecular weight excluding hydrogens is 265 g/mol. The first-order valence-corrected chi connectivity index (χ1v) is 8.06. The van der Waals surface area contributed by atoms with Crippen molar-refractivity contribution in [2.24, 2.45) is 5.92 Å². The average Bonchev–Trinajstić information content (AvgIpc) is 2.64. The fraction of sp³-hybridized carbons (Fsp3) is 1.00. The van der Waals surface area contributed by atoms with Crippen molar-refractivity contribution in [1.82, 2.24) is 10.2 Å². The van der Waals surface area contributed by atoms with Gasteiger partial charge in [0.05, 0.1) is 5.92 Å². The Labute approximate surface area is 120 Å². The molecule has 118 valence electrons. The van der Waals surface area contributed by atoms with Crippen LogP contribution < -0.4 is 5.32 Å². The molecule has 20 heavy (non-hydrogen) atoms. The van der Waals surface area contributed by atoms with Gasteiger partial charge in [-0.2, -0.15) is 13.2 Å². The molecule has 0 radical (unpaired) electrons. The number of alkyl halides is 3. The summed E-state index contributed by atoms with van der Waals surface area (Å²) in [5.74, 6) is -1.12. The Balaban J connectivity index is 2.02. The van der Waals surface area contributed by atoms with Gasteiger partial charge in [0.1, 0.15) is 0 Å². The topological polar surface area (TPSA) is 15.3 Å². The number of piperidine rings is 1. The first-order chi connectivity index (χ1) is 9.52. The predicted octanol–water partition coefficient (Wildman–Crippen LogP) is 3.57.